The van der Waals surface area contributed by atoms with Gasteiger partial charge in [0.1, 0.15) is 5.60 Å². The van der Waals surface area contributed by atoms with E-state index < -0.39 is 5.60 Å². The summed E-state index contributed by atoms with van der Waals surface area (Å²) in [7, 11) is 0. The van der Waals surface area contributed by atoms with Gasteiger partial charge in [-0.05, 0) is 44.4 Å². The Hall–Kier alpha value is -0.370. The van der Waals surface area contributed by atoms with Crippen molar-refractivity contribution in [2.75, 3.05) is 6.61 Å². The molecule has 14 heavy (non-hydrogen) atoms. The van der Waals surface area contributed by atoms with E-state index in [1.54, 1.807) is 0 Å². The molecule has 0 saturated heterocycles. The Morgan fingerprint density at radius 2 is 2.00 bits per heavy atom. The van der Waals surface area contributed by atoms with E-state index in [-0.39, 0.29) is 0 Å². The highest BCUT2D eigenvalue weighted by atomic mass is 16.5. The van der Waals surface area contributed by atoms with Crippen molar-refractivity contribution in [3.8, 4) is 0 Å². The minimum atomic E-state index is -0.444. The van der Waals surface area contributed by atoms with Gasteiger partial charge in [0, 0.05) is 6.61 Å². The van der Waals surface area contributed by atoms with Crippen LogP contribution in [0.15, 0.2) is 0 Å². The van der Waals surface area contributed by atoms with Gasteiger partial charge in [0.05, 0.1) is 0 Å². The first-order chi connectivity index (χ1) is 6.63. The van der Waals surface area contributed by atoms with Crippen molar-refractivity contribution in [2.45, 2.75) is 52.1 Å². The Morgan fingerprint density at radius 3 is 2.36 bits per heavy atom. The monoisotopic (exact) mass is 198 g/mol. The summed E-state index contributed by atoms with van der Waals surface area (Å²) in [6.07, 6.45) is 5.11. The fourth-order valence-electron chi connectivity index (χ4n) is 2.38. The predicted molar refractivity (Wildman–Crippen MR) is 57.2 cm³/mol. The molecule has 2 heteroatoms. The molecule has 0 radical (unpaired) electrons. The summed E-state index contributed by atoms with van der Waals surface area (Å²) in [5, 5.41) is 0. The van der Waals surface area contributed by atoms with Gasteiger partial charge in [0.15, 0.2) is 6.29 Å². The van der Waals surface area contributed by atoms with Gasteiger partial charge in [-0.2, -0.15) is 0 Å². The van der Waals surface area contributed by atoms with Crippen LogP contribution in [-0.4, -0.2) is 18.5 Å². The van der Waals surface area contributed by atoms with Crippen LogP contribution in [0.3, 0.4) is 0 Å². The first-order valence-electron chi connectivity index (χ1n) is 5.74. The van der Waals surface area contributed by atoms with Crippen molar-refractivity contribution < 1.29 is 9.53 Å². The summed E-state index contributed by atoms with van der Waals surface area (Å²) in [5.41, 5.74) is -0.444. The van der Waals surface area contributed by atoms with Crippen molar-refractivity contribution in [3.63, 3.8) is 0 Å². The minimum Gasteiger partial charge on any atom is -0.368 e. The van der Waals surface area contributed by atoms with Gasteiger partial charge in [-0.3, -0.25) is 0 Å². The SMILES string of the molecule is CCOC1(C=O)CCC(C(C)C)CC1. The number of hydrogen-bond acceptors (Lipinski definition) is 2. The molecule has 0 N–H and O–H groups in total. The second-order valence-corrected chi connectivity index (χ2v) is 4.70. The van der Waals surface area contributed by atoms with Crippen LogP contribution in [0.4, 0.5) is 0 Å². The van der Waals surface area contributed by atoms with Crippen molar-refractivity contribution in [2.24, 2.45) is 11.8 Å². The molecule has 0 unspecified atom stereocenters. The van der Waals surface area contributed by atoms with E-state index in [2.05, 4.69) is 13.8 Å². The zero-order valence-corrected chi connectivity index (χ0v) is 9.58. The van der Waals surface area contributed by atoms with Gasteiger partial charge < -0.3 is 9.53 Å². The minimum absolute atomic E-state index is 0.444. The number of carbonyl (C=O) groups excluding carboxylic acids is 1. The summed E-state index contributed by atoms with van der Waals surface area (Å²) < 4.78 is 5.58. The molecule has 82 valence electrons. The summed E-state index contributed by atoms with van der Waals surface area (Å²) in [4.78, 5) is 11.0. The van der Waals surface area contributed by atoms with Gasteiger partial charge >= 0.3 is 0 Å². The molecule has 0 aromatic rings. The Balaban J connectivity index is 2.50. The average molecular weight is 198 g/mol. The van der Waals surface area contributed by atoms with Crippen LogP contribution < -0.4 is 0 Å². The summed E-state index contributed by atoms with van der Waals surface area (Å²) in [6.45, 7) is 7.13. The Kier molecular flexibility index (Phi) is 4.11. The molecule has 1 fully saturated rings. The third-order valence-corrected chi connectivity index (χ3v) is 3.47. The van der Waals surface area contributed by atoms with Crippen LogP contribution in [0.5, 0.6) is 0 Å². The van der Waals surface area contributed by atoms with Gasteiger partial charge in [-0.15, -0.1) is 0 Å². The van der Waals surface area contributed by atoms with Crippen molar-refractivity contribution >= 4 is 6.29 Å². The lowest BCUT2D eigenvalue weighted by Gasteiger charge is -2.37. The number of hydrogen-bond donors (Lipinski definition) is 0. The second-order valence-electron chi connectivity index (χ2n) is 4.70. The fraction of sp³-hybridized carbons (Fsp3) is 0.917. The van der Waals surface area contributed by atoms with Crippen molar-refractivity contribution in [1.82, 2.24) is 0 Å². The highest BCUT2D eigenvalue weighted by molar-refractivity contribution is 5.62. The van der Waals surface area contributed by atoms with Crippen LogP contribution >= 0.6 is 0 Å². The van der Waals surface area contributed by atoms with E-state index in [1.165, 1.54) is 0 Å². The maximum absolute atomic E-state index is 11.0. The van der Waals surface area contributed by atoms with Crippen molar-refractivity contribution in [3.05, 3.63) is 0 Å². The maximum Gasteiger partial charge on any atom is 0.151 e. The molecule has 1 rings (SSSR count). The van der Waals surface area contributed by atoms with Gasteiger partial charge in [0.25, 0.3) is 0 Å². The van der Waals surface area contributed by atoms with E-state index in [0.717, 1.165) is 43.8 Å². The standard InChI is InChI=1S/C12H22O2/c1-4-14-12(9-13)7-5-11(6-8-12)10(2)3/h9-11H,4-8H2,1-3H3. The first-order valence-corrected chi connectivity index (χ1v) is 5.74. The van der Waals surface area contributed by atoms with Crippen LogP contribution in [0.25, 0.3) is 0 Å². The van der Waals surface area contributed by atoms with Crippen LogP contribution in [0.2, 0.25) is 0 Å². The van der Waals surface area contributed by atoms with E-state index >= 15 is 0 Å². The zero-order chi connectivity index (χ0) is 10.6. The molecule has 0 heterocycles. The van der Waals surface area contributed by atoms with Crippen LogP contribution in [0.1, 0.15) is 46.5 Å². The van der Waals surface area contributed by atoms with Crippen molar-refractivity contribution in [1.29, 1.82) is 0 Å². The number of aldehydes is 1. The molecule has 0 aromatic carbocycles. The molecule has 0 atom stereocenters. The smallest absolute Gasteiger partial charge is 0.151 e. The van der Waals surface area contributed by atoms with Gasteiger partial charge in [0.2, 0.25) is 0 Å². The molecule has 2 nitrogen and oxygen atoms in total. The fourth-order valence-corrected chi connectivity index (χ4v) is 2.38. The molecule has 1 aliphatic rings. The molecule has 1 aliphatic carbocycles. The second kappa shape index (κ2) is 4.92. The molecular formula is C12H22O2. The van der Waals surface area contributed by atoms with E-state index in [1.807, 2.05) is 6.92 Å². The Bertz CT molecular complexity index is 179. The Morgan fingerprint density at radius 1 is 1.43 bits per heavy atom. The van der Waals surface area contributed by atoms with E-state index in [4.69, 9.17) is 4.74 Å². The largest absolute Gasteiger partial charge is 0.368 e. The molecule has 0 aromatic heterocycles. The highest BCUT2D eigenvalue weighted by Crippen LogP contribution is 2.36. The zero-order valence-electron chi connectivity index (χ0n) is 9.58. The third-order valence-electron chi connectivity index (χ3n) is 3.47. The lowest BCUT2D eigenvalue weighted by Crippen LogP contribution is -2.39. The van der Waals surface area contributed by atoms with Crippen LogP contribution in [0, 0.1) is 11.8 Å². The third kappa shape index (κ3) is 2.57. The molecule has 0 bridgehead atoms. The lowest BCUT2D eigenvalue weighted by molar-refractivity contribution is -0.137. The average Bonchev–Trinajstić information content (AvgIpc) is 2.19. The summed E-state index contributed by atoms with van der Waals surface area (Å²) >= 11 is 0. The van der Waals surface area contributed by atoms with E-state index in [0.29, 0.717) is 6.61 Å². The molecule has 1 saturated carbocycles. The van der Waals surface area contributed by atoms with Crippen LogP contribution in [-0.2, 0) is 9.53 Å². The molecule has 0 aliphatic heterocycles. The lowest BCUT2D eigenvalue weighted by atomic mass is 9.75. The molecule has 0 amide bonds. The normalized spacial score (nSPS) is 33.3. The van der Waals surface area contributed by atoms with Gasteiger partial charge in [-0.25, -0.2) is 0 Å². The quantitative estimate of drug-likeness (QED) is 0.649. The summed E-state index contributed by atoms with van der Waals surface area (Å²) in [5.74, 6) is 1.52. The topological polar surface area (TPSA) is 26.3 Å². The number of ether oxygens (including phenoxy) is 1. The van der Waals surface area contributed by atoms with E-state index in [9.17, 15) is 4.79 Å². The Labute approximate surface area is 87.0 Å². The number of rotatable bonds is 4. The molecular weight excluding hydrogens is 176 g/mol. The van der Waals surface area contributed by atoms with Gasteiger partial charge in [-0.1, -0.05) is 13.8 Å². The first kappa shape index (κ1) is 11.7. The summed E-state index contributed by atoms with van der Waals surface area (Å²) in [6, 6.07) is 0. The highest BCUT2D eigenvalue weighted by Gasteiger charge is 2.36. The number of carbonyl (C=O) groups is 1. The maximum atomic E-state index is 11.0. The molecule has 0 spiro atoms. The predicted octanol–water partition coefficient (Wildman–Crippen LogP) is 2.81.